The second-order valence-corrected chi connectivity index (χ2v) is 8.99. The van der Waals surface area contributed by atoms with Crippen LogP contribution in [-0.4, -0.2) is 30.3 Å². The van der Waals surface area contributed by atoms with Crippen LogP contribution in [0.3, 0.4) is 0 Å². The summed E-state index contributed by atoms with van der Waals surface area (Å²) in [6.45, 7) is -0.941. The predicted octanol–water partition coefficient (Wildman–Crippen LogP) is 2.07. The number of esters is 1. The lowest BCUT2D eigenvalue weighted by molar-refractivity contribution is -0.143. The number of nitrogens with one attached hydrogen (secondary N) is 1. The van der Waals surface area contributed by atoms with Gasteiger partial charge in [-0.25, -0.2) is 17.8 Å². The van der Waals surface area contributed by atoms with Gasteiger partial charge in [-0.3, -0.25) is 14.0 Å². The molecule has 0 bridgehead atoms. The van der Waals surface area contributed by atoms with E-state index in [1.165, 1.54) is 33.9 Å². The van der Waals surface area contributed by atoms with Gasteiger partial charge in [-0.2, -0.15) is 4.72 Å². The smallest absolute Gasteiger partial charge is 0.321 e. The Morgan fingerprint density at radius 3 is 2.77 bits per heavy atom. The number of carbonyl (C=O) groups is 1. The number of carbonyl (C=O) groups excluding carboxylic acids is 1. The van der Waals surface area contributed by atoms with Gasteiger partial charge in [0.05, 0.1) is 20.8 Å². The van der Waals surface area contributed by atoms with Crippen molar-refractivity contribution in [1.82, 2.24) is 14.1 Å². The topological polar surface area (TPSA) is 107 Å². The SMILES string of the molecule is O=C(CNS(=O)(=O)c1cccc(F)c1)OCc1cc(=O)n2c(n1)sc1ccccc12. The second-order valence-electron chi connectivity index (χ2n) is 6.22. The zero-order valence-electron chi connectivity index (χ0n) is 15.2. The van der Waals surface area contributed by atoms with Crippen LogP contribution in [0.25, 0.3) is 15.2 Å². The minimum absolute atomic E-state index is 0.243. The van der Waals surface area contributed by atoms with E-state index in [-0.39, 0.29) is 22.8 Å². The minimum atomic E-state index is -4.07. The van der Waals surface area contributed by atoms with E-state index in [4.69, 9.17) is 4.74 Å². The molecule has 0 aliphatic heterocycles. The molecule has 0 saturated heterocycles. The lowest BCUT2D eigenvalue weighted by atomic mass is 10.3. The summed E-state index contributed by atoms with van der Waals surface area (Å²) in [4.78, 5) is 28.8. The molecule has 1 N–H and O–H groups in total. The van der Waals surface area contributed by atoms with Crippen LogP contribution in [0.1, 0.15) is 5.69 Å². The zero-order chi connectivity index (χ0) is 21.3. The van der Waals surface area contributed by atoms with Crippen LogP contribution in [0.5, 0.6) is 0 Å². The number of ether oxygens (including phenoxy) is 1. The molecule has 0 saturated carbocycles. The highest BCUT2D eigenvalue weighted by Crippen LogP contribution is 2.23. The summed E-state index contributed by atoms with van der Waals surface area (Å²) in [5.41, 5.74) is 0.675. The van der Waals surface area contributed by atoms with E-state index in [9.17, 15) is 22.4 Å². The third-order valence-corrected chi connectivity index (χ3v) is 6.56. The first-order chi connectivity index (χ1) is 14.3. The van der Waals surface area contributed by atoms with Crippen LogP contribution in [0.15, 0.2) is 64.3 Å². The van der Waals surface area contributed by atoms with Gasteiger partial charge in [-0.1, -0.05) is 29.5 Å². The van der Waals surface area contributed by atoms with Crippen molar-refractivity contribution in [3.05, 3.63) is 76.5 Å². The Hall–Kier alpha value is -3.15. The summed E-state index contributed by atoms with van der Waals surface area (Å²) in [5, 5.41) is 0. The highest BCUT2D eigenvalue weighted by molar-refractivity contribution is 7.89. The van der Waals surface area contributed by atoms with Crippen molar-refractivity contribution < 1.29 is 22.3 Å². The lowest BCUT2D eigenvalue weighted by Crippen LogP contribution is -2.30. The average molecular weight is 447 g/mol. The first-order valence-electron chi connectivity index (χ1n) is 8.64. The summed E-state index contributed by atoms with van der Waals surface area (Å²) in [5.74, 6) is -1.58. The molecule has 0 amide bonds. The minimum Gasteiger partial charge on any atom is -0.458 e. The van der Waals surface area contributed by atoms with Crippen LogP contribution >= 0.6 is 11.3 Å². The van der Waals surface area contributed by atoms with E-state index in [0.717, 1.165) is 22.3 Å². The van der Waals surface area contributed by atoms with Gasteiger partial charge in [0.15, 0.2) is 4.96 Å². The van der Waals surface area contributed by atoms with Gasteiger partial charge in [-0.05, 0) is 30.3 Å². The summed E-state index contributed by atoms with van der Waals surface area (Å²) in [7, 11) is -4.07. The average Bonchev–Trinajstić information content (AvgIpc) is 3.09. The van der Waals surface area contributed by atoms with Gasteiger partial charge in [0.2, 0.25) is 10.0 Å². The molecule has 11 heteroatoms. The fourth-order valence-electron chi connectivity index (χ4n) is 2.77. The molecule has 8 nitrogen and oxygen atoms in total. The van der Waals surface area contributed by atoms with Crippen LogP contribution in [-0.2, 0) is 26.2 Å². The van der Waals surface area contributed by atoms with Gasteiger partial charge in [0.25, 0.3) is 5.56 Å². The Bertz CT molecular complexity index is 1430. The summed E-state index contributed by atoms with van der Waals surface area (Å²) in [6, 6.07) is 13.0. The summed E-state index contributed by atoms with van der Waals surface area (Å²) in [6.07, 6.45) is 0. The van der Waals surface area contributed by atoms with Crippen molar-refractivity contribution in [2.75, 3.05) is 6.54 Å². The Kier molecular flexibility index (Phi) is 5.33. The van der Waals surface area contributed by atoms with Crippen LogP contribution in [0.4, 0.5) is 4.39 Å². The van der Waals surface area contributed by atoms with E-state index in [1.54, 1.807) is 0 Å². The van der Waals surface area contributed by atoms with E-state index >= 15 is 0 Å². The number of benzene rings is 2. The maximum atomic E-state index is 13.2. The molecule has 0 aliphatic carbocycles. The maximum absolute atomic E-state index is 13.2. The number of hydrogen-bond acceptors (Lipinski definition) is 7. The van der Waals surface area contributed by atoms with Crippen molar-refractivity contribution >= 4 is 42.5 Å². The van der Waals surface area contributed by atoms with Gasteiger partial charge in [0, 0.05) is 6.07 Å². The molecule has 30 heavy (non-hydrogen) atoms. The molecule has 2 heterocycles. The molecule has 0 spiro atoms. The summed E-state index contributed by atoms with van der Waals surface area (Å²) < 4.78 is 46.8. The van der Waals surface area contributed by atoms with Gasteiger partial charge in [0.1, 0.15) is 19.0 Å². The first-order valence-corrected chi connectivity index (χ1v) is 10.9. The van der Waals surface area contributed by atoms with Crippen LogP contribution in [0, 0.1) is 5.82 Å². The predicted molar refractivity (Wildman–Crippen MR) is 108 cm³/mol. The molecule has 2 aromatic heterocycles. The Morgan fingerprint density at radius 1 is 1.17 bits per heavy atom. The van der Waals surface area contributed by atoms with Crippen molar-refractivity contribution in [2.24, 2.45) is 0 Å². The first kappa shape index (κ1) is 20.1. The Labute approximate surface area is 173 Å². The highest BCUT2D eigenvalue weighted by atomic mass is 32.2. The summed E-state index contributed by atoms with van der Waals surface area (Å²) >= 11 is 1.33. The van der Waals surface area contributed by atoms with Crippen molar-refractivity contribution in [3.8, 4) is 0 Å². The molecule has 2 aromatic carbocycles. The molecule has 4 aromatic rings. The van der Waals surface area contributed by atoms with Crippen LogP contribution in [0.2, 0.25) is 0 Å². The van der Waals surface area contributed by atoms with E-state index in [2.05, 4.69) is 4.98 Å². The molecular formula is C19H14FN3O5S2. The molecule has 0 atom stereocenters. The van der Waals surface area contributed by atoms with E-state index in [0.29, 0.717) is 4.96 Å². The number of fused-ring (bicyclic) bond motifs is 3. The normalized spacial score (nSPS) is 11.8. The molecule has 0 radical (unpaired) electrons. The number of hydrogen-bond donors (Lipinski definition) is 1. The molecule has 0 unspecified atom stereocenters. The standard InChI is InChI=1S/C19H14FN3O5S2/c20-12-4-3-5-14(8-12)30(26,27)21-10-18(25)28-11-13-9-17(24)23-15-6-1-2-7-16(15)29-19(23)22-13/h1-9,21H,10-11H2. The lowest BCUT2D eigenvalue weighted by Gasteiger charge is -2.07. The molecule has 0 fully saturated rings. The monoisotopic (exact) mass is 447 g/mol. The van der Waals surface area contributed by atoms with Gasteiger partial charge in [-0.15, -0.1) is 0 Å². The van der Waals surface area contributed by atoms with Crippen molar-refractivity contribution in [1.29, 1.82) is 0 Å². The zero-order valence-corrected chi connectivity index (χ0v) is 16.9. The van der Waals surface area contributed by atoms with Crippen molar-refractivity contribution in [3.63, 3.8) is 0 Å². The maximum Gasteiger partial charge on any atom is 0.321 e. The van der Waals surface area contributed by atoms with E-state index in [1.807, 2.05) is 29.0 Å². The number of thiazole rings is 1. The quantitative estimate of drug-likeness (QED) is 0.454. The number of aromatic nitrogens is 2. The Balaban J connectivity index is 1.43. The third kappa shape index (κ3) is 4.08. The fraction of sp³-hybridized carbons (Fsp3) is 0.105. The molecule has 0 aliphatic rings. The van der Waals surface area contributed by atoms with Crippen LogP contribution < -0.4 is 10.3 Å². The number of nitrogens with zero attached hydrogens (tertiary/aromatic N) is 2. The number of halogens is 1. The molecule has 154 valence electrons. The third-order valence-electron chi connectivity index (χ3n) is 4.14. The molecule has 4 rings (SSSR count). The van der Waals surface area contributed by atoms with Gasteiger partial charge < -0.3 is 4.74 Å². The fourth-order valence-corrected chi connectivity index (χ4v) is 4.82. The van der Waals surface area contributed by atoms with E-state index < -0.39 is 28.4 Å². The number of para-hydroxylation sites is 1. The largest absolute Gasteiger partial charge is 0.458 e. The Morgan fingerprint density at radius 2 is 1.97 bits per heavy atom. The number of rotatable bonds is 6. The highest BCUT2D eigenvalue weighted by Gasteiger charge is 2.17. The number of sulfonamides is 1. The van der Waals surface area contributed by atoms with Gasteiger partial charge >= 0.3 is 5.97 Å². The molecular weight excluding hydrogens is 433 g/mol. The second kappa shape index (κ2) is 7.94. The van der Waals surface area contributed by atoms with Crippen molar-refractivity contribution in [2.45, 2.75) is 11.5 Å².